The molecule has 4 aromatic heterocycles. The molecule has 1 fully saturated rings. The molecule has 6 aromatic rings. The summed E-state index contributed by atoms with van der Waals surface area (Å²) in [7, 11) is 6.95. The zero-order valence-corrected chi connectivity index (χ0v) is 40.0. The summed E-state index contributed by atoms with van der Waals surface area (Å²) >= 11 is 0. The van der Waals surface area contributed by atoms with Gasteiger partial charge >= 0.3 is 0 Å². The lowest BCUT2D eigenvalue weighted by Gasteiger charge is -2.20. The molecule has 2 aromatic carbocycles. The fraction of sp³-hybridized carbons (Fsp3) is 0.333. The maximum Gasteiger partial charge on any atom is 0.279 e. The van der Waals surface area contributed by atoms with Gasteiger partial charge in [0.15, 0.2) is 11.6 Å². The highest BCUT2D eigenvalue weighted by Crippen LogP contribution is 2.35. The number of ether oxygens (including phenoxy) is 1. The van der Waals surface area contributed by atoms with Crippen molar-refractivity contribution in [3.63, 3.8) is 0 Å². The number of hydrogen-bond donors (Lipinski definition) is 5. The van der Waals surface area contributed by atoms with Crippen LogP contribution in [0, 0.1) is 6.92 Å². The summed E-state index contributed by atoms with van der Waals surface area (Å²) in [5.41, 5.74) is 11.8. The van der Waals surface area contributed by atoms with Crippen LogP contribution in [0.15, 0.2) is 90.5 Å². The van der Waals surface area contributed by atoms with Crippen molar-refractivity contribution in [3.05, 3.63) is 119 Å². The number of anilines is 3. The van der Waals surface area contributed by atoms with E-state index in [-0.39, 0.29) is 66.5 Å². The molecule has 8 rings (SSSR count). The van der Waals surface area contributed by atoms with Crippen LogP contribution in [0.3, 0.4) is 0 Å². The number of benzene rings is 2. The zero-order valence-electron chi connectivity index (χ0n) is 40.0. The van der Waals surface area contributed by atoms with E-state index in [4.69, 9.17) is 10.5 Å². The van der Waals surface area contributed by atoms with E-state index >= 15 is 0 Å². The van der Waals surface area contributed by atoms with Crippen LogP contribution in [0.25, 0.3) is 10.9 Å². The van der Waals surface area contributed by atoms with Gasteiger partial charge in [-0.25, -0.2) is 4.98 Å². The Bertz CT molecular complexity index is 3080. The number of nitrogens with zero attached hydrogens (tertiary/aromatic N) is 7. The van der Waals surface area contributed by atoms with Gasteiger partial charge < -0.3 is 50.3 Å². The summed E-state index contributed by atoms with van der Waals surface area (Å²) in [5, 5.41) is 12.3. The second-order valence-corrected chi connectivity index (χ2v) is 18.0. The third-order valence-electron chi connectivity index (χ3n) is 12.5. The molecule has 0 saturated carbocycles. The number of rotatable bonds is 19. The summed E-state index contributed by atoms with van der Waals surface area (Å²) in [5.74, 6) is -0.776. The number of Topliss-reactive ketones (excluding diaryl/α,β-unsaturated/α-hetero) is 1. The molecule has 70 heavy (non-hydrogen) atoms. The van der Waals surface area contributed by atoms with Gasteiger partial charge in [-0.05, 0) is 99.8 Å². The van der Waals surface area contributed by atoms with Crippen molar-refractivity contribution in [3.8, 4) is 5.75 Å². The molecular formula is C51H58N12O7. The minimum absolute atomic E-state index is 0.0553. The normalized spacial score (nSPS) is 14.6. The molecule has 0 spiro atoms. The highest BCUT2D eigenvalue weighted by molar-refractivity contribution is 6.07. The van der Waals surface area contributed by atoms with Crippen LogP contribution in [0.5, 0.6) is 5.75 Å². The molecule has 0 bridgehead atoms. The number of aliphatic imine (C=N–C) groups is 1. The van der Waals surface area contributed by atoms with Gasteiger partial charge in [0.05, 0.1) is 41.1 Å². The van der Waals surface area contributed by atoms with Crippen LogP contribution in [-0.4, -0.2) is 109 Å². The first-order valence-electron chi connectivity index (χ1n) is 23.2. The van der Waals surface area contributed by atoms with Gasteiger partial charge in [0, 0.05) is 88.7 Å². The molecule has 2 aliphatic rings. The number of nitrogens with one attached hydrogen (secondary N) is 4. The average molecular weight is 951 g/mol. The largest absolute Gasteiger partial charge is 0.493 e. The monoisotopic (exact) mass is 950 g/mol. The first-order chi connectivity index (χ1) is 33.6. The maximum atomic E-state index is 13.8. The summed E-state index contributed by atoms with van der Waals surface area (Å²) in [6.45, 7) is 7.53. The highest BCUT2D eigenvalue weighted by Gasteiger charge is 2.34. The van der Waals surface area contributed by atoms with E-state index in [1.165, 1.54) is 4.57 Å². The lowest BCUT2D eigenvalue weighted by atomic mass is 10.1. The number of carbonyl (C=O) groups excluding carboxylic acids is 6. The second-order valence-electron chi connectivity index (χ2n) is 18.0. The van der Waals surface area contributed by atoms with Crippen molar-refractivity contribution in [1.29, 1.82) is 0 Å². The van der Waals surface area contributed by atoms with Crippen LogP contribution >= 0.6 is 0 Å². The molecule has 1 saturated heterocycles. The Kier molecular flexibility index (Phi) is 14.4. The minimum atomic E-state index is -0.629. The third-order valence-corrected chi connectivity index (χ3v) is 12.5. The Morgan fingerprint density at radius 3 is 2.50 bits per heavy atom. The predicted molar refractivity (Wildman–Crippen MR) is 267 cm³/mol. The number of hydrogen-bond acceptors (Lipinski definition) is 11. The second kappa shape index (κ2) is 20.8. The Labute approximate surface area is 404 Å². The standard InChI is InChI=1S/C51H58N12O7/c1-30-18-36-25-54-39-24-44(31(2)19-37(39)50(68)63(36)26-30)70-17-9-11-46(65)57-45-29-61(6)47(58-45)43(64)21-32-20-41(59(4)27-32)49(67)56-35-23-42(60(5)28-35)51(69)62-16-14-33-22-34(12-13-40(33)62)55-48(66)38(52)10-7-8-15-53-3/h12-14,16,19-20,22-25,27-29,36,38,53H,1,7-11,15,17-18,21,26,52H2,2-6H3,(H,55,66)(H,56,67)(H,57,65)/t36-,38-/m0/s1. The number of fused-ring (bicyclic) bond motifs is 3. The molecule has 6 heterocycles. The van der Waals surface area contributed by atoms with E-state index in [9.17, 15) is 28.8 Å². The lowest BCUT2D eigenvalue weighted by molar-refractivity contribution is -0.118. The number of aromatic nitrogens is 5. The Morgan fingerprint density at radius 1 is 0.900 bits per heavy atom. The van der Waals surface area contributed by atoms with Gasteiger partial charge in [-0.1, -0.05) is 18.6 Å². The number of amides is 4. The van der Waals surface area contributed by atoms with Crippen LogP contribution in [-0.2, 0) is 37.2 Å². The van der Waals surface area contributed by atoms with E-state index in [0.717, 1.165) is 35.9 Å². The molecule has 19 heteroatoms. The summed E-state index contributed by atoms with van der Waals surface area (Å²) in [4.78, 5) is 90.4. The topological polar surface area (TPSA) is 234 Å². The van der Waals surface area contributed by atoms with Crippen LogP contribution in [0.2, 0.25) is 0 Å². The highest BCUT2D eigenvalue weighted by atomic mass is 16.5. The minimum Gasteiger partial charge on any atom is -0.493 e. The average Bonchev–Trinajstić information content (AvgIpc) is 4.15. The van der Waals surface area contributed by atoms with Gasteiger partial charge in [-0.2, -0.15) is 0 Å². The third kappa shape index (κ3) is 10.7. The molecule has 364 valence electrons. The smallest absolute Gasteiger partial charge is 0.279 e. The SMILES string of the molecule is C=C1C[C@H]2C=Nc3cc(OCCCC(=O)Nc4cn(C)c(C(=O)Cc5cc(C(=O)Nc6cc(C(=O)n7ccc8cc(NC(=O)[C@@H](N)CCCCNC)ccc87)n(C)c6)n(C)c5)n4)c(C)cc3C(=O)N2C1. The molecule has 4 amide bonds. The van der Waals surface area contributed by atoms with Gasteiger partial charge in [-0.15, -0.1) is 0 Å². The first-order valence-corrected chi connectivity index (χ1v) is 23.2. The molecule has 2 atom stereocenters. The number of unbranched alkanes of at least 4 members (excludes halogenated alkanes) is 1. The first kappa shape index (κ1) is 48.6. The van der Waals surface area contributed by atoms with E-state index in [2.05, 4.69) is 37.8 Å². The van der Waals surface area contributed by atoms with E-state index in [1.54, 1.807) is 119 Å². The number of carbonyl (C=O) groups is 6. The molecule has 0 unspecified atom stereocenters. The van der Waals surface area contributed by atoms with Crippen LogP contribution in [0.4, 0.5) is 22.9 Å². The summed E-state index contributed by atoms with van der Waals surface area (Å²) < 4.78 is 12.3. The maximum absolute atomic E-state index is 13.8. The van der Waals surface area contributed by atoms with Crippen molar-refractivity contribution >= 4 is 75.3 Å². The van der Waals surface area contributed by atoms with E-state index in [0.29, 0.717) is 76.7 Å². The number of ketones is 1. The Hall–Kier alpha value is -7.90. The van der Waals surface area contributed by atoms with Gasteiger partial charge in [0.25, 0.3) is 17.7 Å². The van der Waals surface area contributed by atoms with Crippen molar-refractivity contribution < 1.29 is 33.5 Å². The van der Waals surface area contributed by atoms with Crippen molar-refractivity contribution in [2.75, 3.05) is 42.7 Å². The summed E-state index contributed by atoms with van der Waals surface area (Å²) in [6, 6.07) is 13.1. The molecule has 2 aliphatic heterocycles. The summed E-state index contributed by atoms with van der Waals surface area (Å²) in [6.07, 6.45) is 11.9. The molecule has 6 N–H and O–H groups in total. The lowest BCUT2D eigenvalue weighted by Crippen LogP contribution is -2.35. The number of nitrogens with two attached hydrogens (primary N) is 1. The van der Waals surface area contributed by atoms with E-state index < -0.39 is 11.9 Å². The Balaban J connectivity index is 0.815. The molecule has 19 nitrogen and oxygen atoms in total. The quantitative estimate of drug-likeness (QED) is 0.0379. The van der Waals surface area contributed by atoms with E-state index in [1.807, 2.05) is 14.0 Å². The number of imidazole rings is 1. The van der Waals surface area contributed by atoms with Gasteiger partial charge in [0.1, 0.15) is 17.1 Å². The molecule has 0 aliphatic carbocycles. The fourth-order valence-corrected chi connectivity index (χ4v) is 8.84. The Morgan fingerprint density at radius 2 is 1.70 bits per heavy atom. The van der Waals surface area contributed by atoms with Gasteiger partial charge in [-0.3, -0.25) is 38.3 Å². The van der Waals surface area contributed by atoms with Crippen molar-refractivity contribution in [2.24, 2.45) is 31.9 Å². The predicted octanol–water partition coefficient (Wildman–Crippen LogP) is 5.67. The van der Waals surface area contributed by atoms with Crippen molar-refractivity contribution in [2.45, 2.75) is 64.0 Å². The zero-order chi connectivity index (χ0) is 49.8. The van der Waals surface area contributed by atoms with Crippen LogP contribution in [0.1, 0.15) is 91.6 Å². The molecular weight excluding hydrogens is 893 g/mol. The van der Waals surface area contributed by atoms with Crippen molar-refractivity contribution in [1.82, 2.24) is 33.5 Å². The molecule has 0 radical (unpaired) electrons. The van der Waals surface area contributed by atoms with Gasteiger partial charge in [0.2, 0.25) is 17.6 Å². The fourth-order valence-electron chi connectivity index (χ4n) is 8.84. The van der Waals surface area contributed by atoms with Crippen LogP contribution < -0.4 is 31.7 Å². The number of aryl methyl sites for hydroxylation is 4.